The van der Waals surface area contributed by atoms with Gasteiger partial charge in [-0.15, -0.1) is 10.2 Å². The van der Waals surface area contributed by atoms with Gasteiger partial charge < -0.3 is 10.6 Å². The minimum Gasteiger partial charge on any atom is -0.350 e. The molecule has 3 aromatic rings. The van der Waals surface area contributed by atoms with E-state index in [1.807, 2.05) is 44.2 Å². The van der Waals surface area contributed by atoms with E-state index < -0.39 is 0 Å². The summed E-state index contributed by atoms with van der Waals surface area (Å²) in [6.45, 7) is 3.64. The molecule has 2 amide bonds. The Hall–Kier alpha value is -3.55. The van der Waals surface area contributed by atoms with Crippen molar-refractivity contribution in [2.24, 2.45) is 0 Å². The first kappa shape index (κ1) is 18.2. The minimum absolute atomic E-state index is 0.00276. The van der Waals surface area contributed by atoms with Gasteiger partial charge in [0.2, 0.25) is 11.7 Å². The topological polar surface area (TPSA) is 102 Å². The number of nitrogens with zero attached hydrogens (tertiary/aromatic N) is 4. The van der Waals surface area contributed by atoms with Crippen LogP contribution < -0.4 is 10.6 Å². The average Bonchev–Trinajstić information content (AvgIpc) is 3.10. The number of aromatic nitrogens is 4. The number of amides is 2. The lowest BCUT2D eigenvalue weighted by atomic mass is 10.1. The second-order valence-corrected chi connectivity index (χ2v) is 6.23. The number of para-hydroxylation sites is 1. The molecule has 0 radical (unpaired) electrons. The summed E-state index contributed by atoms with van der Waals surface area (Å²) in [6, 6.07) is 16.2. The monoisotopic (exact) mass is 364 g/mol. The van der Waals surface area contributed by atoms with E-state index in [1.165, 1.54) is 4.80 Å². The van der Waals surface area contributed by atoms with Crippen molar-refractivity contribution in [2.75, 3.05) is 5.32 Å². The molecular weight excluding hydrogens is 344 g/mol. The average molecular weight is 364 g/mol. The summed E-state index contributed by atoms with van der Waals surface area (Å²) in [4.78, 5) is 25.8. The molecule has 1 aromatic heterocycles. The summed E-state index contributed by atoms with van der Waals surface area (Å²) in [5.74, 6) is -0.150. The molecule has 1 heterocycles. The number of nitrogens with one attached hydrogen (secondary N) is 2. The van der Waals surface area contributed by atoms with Gasteiger partial charge in [0.05, 0.1) is 11.3 Å². The van der Waals surface area contributed by atoms with Crippen LogP contribution in [-0.4, -0.2) is 38.1 Å². The van der Waals surface area contributed by atoms with Crippen molar-refractivity contribution in [1.29, 1.82) is 0 Å². The summed E-state index contributed by atoms with van der Waals surface area (Å²) >= 11 is 0. The van der Waals surface area contributed by atoms with E-state index in [0.29, 0.717) is 17.1 Å². The molecule has 8 heteroatoms. The highest BCUT2D eigenvalue weighted by Crippen LogP contribution is 2.15. The second kappa shape index (κ2) is 8.22. The number of hydrogen-bond acceptors (Lipinski definition) is 5. The third kappa shape index (κ3) is 4.75. The zero-order valence-electron chi connectivity index (χ0n) is 15.1. The van der Waals surface area contributed by atoms with Gasteiger partial charge in [0.25, 0.3) is 5.91 Å². The van der Waals surface area contributed by atoms with Crippen molar-refractivity contribution in [3.05, 3.63) is 60.2 Å². The van der Waals surface area contributed by atoms with Crippen LogP contribution in [0.1, 0.15) is 24.2 Å². The first-order valence-corrected chi connectivity index (χ1v) is 8.56. The van der Waals surface area contributed by atoms with Gasteiger partial charge in [-0.3, -0.25) is 9.59 Å². The summed E-state index contributed by atoms with van der Waals surface area (Å²) in [6.07, 6.45) is 0. The highest BCUT2D eigenvalue weighted by molar-refractivity contribution is 6.03. The van der Waals surface area contributed by atoms with E-state index in [0.717, 1.165) is 5.56 Å². The normalized spacial score (nSPS) is 10.6. The maximum Gasteiger partial charge on any atom is 0.253 e. The Labute approximate surface area is 156 Å². The van der Waals surface area contributed by atoms with Gasteiger partial charge in [-0.25, -0.2) is 0 Å². The molecule has 8 nitrogen and oxygen atoms in total. The summed E-state index contributed by atoms with van der Waals surface area (Å²) in [7, 11) is 0. The second-order valence-electron chi connectivity index (χ2n) is 6.23. The Bertz CT molecular complexity index is 936. The lowest BCUT2D eigenvalue weighted by Crippen LogP contribution is -2.31. The lowest BCUT2D eigenvalue weighted by Gasteiger charge is -2.12. The quantitative estimate of drug-likeness (QED) is 0.697. The van der Waals surface area contributed by atoms with Crippen LogP contribution in [0.25, 0.3) is 11.4 Å². The Morgan fingerprint density at radius 2 is 1.74 bits per heavy atom. The fraction of sp³-hybridized carbons (Fsp3) is 0.211. The van der Waals surface area contributed by atoms with Gasteiger partial charge in [0, 0.05) is 11.6 Å². The molecule has 0 saturated heterocycles. The molecular formula is C19H20N6O2. The lowest BCUT2D eigenvalue weighted by molar-refractivity contribution is -0.117. The van der Waals surface area contributed by atoms with Gasteiger partial charge >= 0.3 is 0 Å². The van der Waals surface area contributed by atoms with Crippen molar-refractivity contribution in [3.8, 4) is 11.4 Å². The van der Waals surface area contributed by atoms with Crippen LogP contribution >= 0.6 is 0 Å². The van der Waals surface area contributed by atoms with Crippen molar-refractivity contribution in [1.82, 2.24) is 25.5 Å². The molecule has 0 fully saturated rings. The zero-order chi connectivity index (χ0) is 19.2. The molecule has 0 atom stereocenters. The molecule has 0 saturated carbocycles. The molecule has 2 N–H and O–H groups in total. The third-order valence-electron chi connectivity index (χ3n) is 3.64. The Morgan fingerprint density at radius 1 is 1.04 bits per heavy atom. The molecule has 0 spiro atoms. The largest absolute Gasteiger partial charge is 0.350 e. The Balaban J connectivity index is 1.68. The standard InChI is InChI=1S/C19H20N6O2/c1-13(2)20-19(27)15-10-6-7-11-16(15)21-17(26)12-25-23-18(22-24-25)14-8-4-3-5-9-14/h3-11,13H,12H2,1-2H3,(H,20,27)(H,21,26). The van der Waals surface area contributed by atoms with E-state index in [4.69, 9.17) is 0 Å². The Morgan fingerprint density at radius 3 is 2.48 bits per heavy atom. The first-order chi connectivity index (χ1) is 13.0. The molecule has 27 heavy (non-hydrogen) atoms. The van der Waals surface area contributed by atoms with Gasteiger partial charge in [0.15, 0.2) is 0 Å². The molecule has 0 unspecified atom stereocenters. The van der Waals surface area contributed by atoms with Crippen LogP contribution in [-0.2, 0) is 11.3 Å². The molecule has 0 aliphatic heterocycles. The van der Waals surface area contributed by atoms with Gasteiger partial charge in [-0.2, -0.15) is 4.80 Å². The summed E-state index contributed by atoms with van der Waals surface area (Å²) < 4.78 is 0. The van der Waals surface area contributed by atoms with Crippen molar-refractivity contribution in [2.45, 2.75) is 26.4 Å². The molecule has 2 aromatic carbocycles. The highest BCUT2D eigenvalue weighted by Gasteiger charge is 2.15. The van der Waals surface area contributed by atoms with E-state index in [1.54, 1.807) is 24.3 Å². The smallest absolute Gasteiger partial charge is 0.253 e. The van der Waals surface area contributed by atoms with Gasteiger partial charge in [-0.1, -0.05) is 42.5 Å². The maximum absolute atomic E-state index is 12.4. The summed E-state index contributed by atoms with van der Waals surface area (Å²) in [5, 5.41) is 17.6. The van der Waals surface area contributed by atoms with Crippen molar-refractivity contribution >= 4 is 17.5 Å². The number of anilines is 1. The molecule has 0 aliphatic rings. The number of hydrogen-bond donors (Lipinski definition) is 2. The minimum atomic E-state index is -0.350. The van der Waals surface area contributed by atoms with E-state index in [9.17, 15) is 9.59 Å². The number of carbonyl (C=O) groups excluding carboxylic acids is 2. The predicted molar refractivity (Wildman–Crippen MR) is 101 cm³/mol. The van der Waals surface area contributed by atoms with Crippen LogP contribution in [0.4, 0.5) is 5.69 Å². The van der Waals surface area contributed by atoms with Crippen LogP contribution in [0.15, 0.2) is 54.6 Å². The maximum atomic E-state index is 12.4. The molecule has 3 rings (SSSR count). The highest BCUT2D eigenvalue weighted by atomic mass is 16.2. The van der Waals surface area contributed by atoms with E-state index in [2.05, 4.69) is 26.0 Å². The van der Waals surface area contributed by atoms with Crippen molar-refractivity contribution in [3.63, 3.8) is 0 Å². The Kier molecular flexibility index (Phi) is 5.55. The van der Waals surface area contributed by atoms with Gasteiger partial charge in [-0.05, 0) is 31.2 Å². The van der Waals surface area contributed by atoms with Crippen LogP contribution in [0.2, 0.25) is 0 Å². The predicted octanol–water partition coefficient (Wildman–Crippen LogP) is 2.12. The third-order valence-corrected chi connectivity index (χ3v) is 3.64. The number of carbonyl (C=O) groups is 2. The fourth-order valence-corrected chi connectivity index (χ4v) is 2.46. The zero-order valence-corrected chi connectivity index (χ0v) is 15.1. The SMILES string of the molecule is CC(C)NC(=O)c1ccccc1NC(=O)Cn1nnc(-c2ccccc2)n1. The number of benzene rings is 2. The van der Waals surface area contributed by atoms with Crippen LogP contribution in [0, 0.1) is 0 Å². The van der Waals surface area contributed by atoms with E-state index in [-0.39, 0.29) is 24.4 Å². The van der Waals surface area contributed by atoms with Crippen LogP contribution in [0.5, 0.6) is 0 Å². The molecule has 0 aliphatic carbocycles. The summed E-state index contributed by atoms with van der Waals surface area (Å²) in [5.41, 5.74) is 1.65. The van der Waals surface area contributed by atoms with Gasteiger partial charge in [0.1, 0.15) is 6.54 Å². The van der Waals surface area contributed by atoms with E-state index >= 15 is 0 Å². The first-order valence-electron chi connectivity index (χ1n) is 8.56. The molecule has 0 bridgehead atoms. The fourth-order valence-electron chi connectivity index (χ4n) is 2.46. The van der Waals surface area contributed by atoms with Crippen molar-refractivity contribution < 1.29 is 9.59 Å². The number of tetrazole rings is 1. The number of rotatable bonds is 6. The molecule has 138 valence electrons. The van der Waals surface area contributed by atoms with Crippen LogP contribution in [0.3, 0.4) is 0 Å².